The Morgan fingerprint density at radius 2 is 2.00 bits per heavy atom. The summed E-state index contributed by atoms with van der Waals surface area (Å²) in [6, 6.07) is -0.147. The van der Waals surface area contributed by atoms with E-state index in [4.69, 9.17) is 0 Å². The first kappa shape index (κ1) is 9.33. The zero-order chi connectivity index (χ0) is 8.15. The van der Waals surface area contributed by atoms with Gasteiger partial charge in [0.05, 0.1) is 6.54 Å². The number of nitrogens with zero attached hydrogens (tertiary/aromatic N) is 1. The minimum absolute atomic E-state index is 0.147. The Labute approximate surface area is 58.8 Å². The Kier molecular flexibility index (Phi) is 3.91. The number of amides is 1. The van der Waals surface area contributed by atoms with Crippen LogP contribution in [0.3, 0.4) is 0 Å². The van der Waals surface area contributed by atoms with E-state index >= 15 is 0 Å². The highest BCUT2D eigenvalue weighted by Gasteiger charge is 2.11. The first-order valence-corrected chi connectivity index (χ1v) is 3.07. The van der Waals surface area contributed by atoms with Gasteiger partial charge in [-0.25, -0.2) is 8.78 Å². The van der Waals surface area contributed by atoms with Gasteiger partial charge in [-0.1, -0.05) is 0 Å². The highest BCUT2D eigenvalue weighted by atomic mass is 19.3. The van der Waals surface area contributed by atoms with Gasteiger partial charge in [-0.2, -0.15) is 0 Å². The van der Waals surface area contributed by atoms with E-state index in [0.717, 1.165) is 4.90 Å². The SMILES string of the molecule is CC(C)N(C=O)CC(F)F. The molecule has 0 radical (unpaired) electrons. The van der Waals surface area contributed by atoms with E-state index in [1.54, 1.807) is 13.8 Å². The maximum Gasteiger partial charge on any atom is 0.255 e. The van der Waals surface area contributed by atoms with Gasteiger partial charge >= 0.3 is 0 Å². The van der Waals surface area contributed by atoms with E-state index in [1.807, 2.05) is 0 Å². The molecule has 0 unspecified atom stereocenters. The molecule has 0 aliphatic carbocycles. The minimum atomic E-state index is -2.44. The summed E-state index contributed by atoms with van der Waals surface area (Å²) in [6.45, 7) is 2.91. The Morgan fingerprint density at radius 1 is 1.50 bits per heavy atom. The molecule has 0 rings (SSSR count). The average Bonchev–Trinajstić information content (AvgIpc) is 1.81. The summed E-state index contributed by atoms with van der Waals surface area (Å²) in [5, 5.41) is 0. The van der Waals surface area contributed by atoms with Crippen molar-refractivity contribution in [3.63, 3.8) is 0 Å². The van der Waals surface area contributed by atoms with Crippen molar-refractivity contribution >= 4 is 6.41 Å². The van der Waals surface area contributed by atoms with E-state index in [1.165, 1.54) is 0 Å². The van der Waals surface area contributed by atoms with Crippen LogP contribution in [0.4, 0.5) is 8.78 Å². The molecule has 0 aromatic carbocycles. The molecule has 0 aliphatic heterocycles. The predicted molar refractivity (Wildman–Crippen MR) is 33.9 cm³/mol. The first-order chi connectivity index (χ1) is 4.57. The summed E-state index contributed by atoms with van der Waals surface area (Å²) in [4.78, 5) is 11.1. The van der Waals surface area contributed by atoms with Crippen LogP contribution < -0.4 is 0 Å². The second kappa shape index (κ2) is 4.19. The van der Waals surface area contributed by atoms with E-state index < -0.39 is 13.0 Å². The Balaban J connectivity index is 3.71. The number of alkyl halides is 2. The summed E-state index contributed by atoms with van der Waals surface area (Å²) in [5.41, 5.74) is 0. The molecular weight excluding hydrogens is 140 g/mol. The van der Waals surface area contributed by atoms with Crippen molar-refractivity contribution in [1.29, 1.82) is 0 Å². The lowest BCUT2D eigenvalue weighted by atomic mass is 10.3. The molecular formula is C6H11F2NO. The highest BCUT2D eigenvalue weighted by Crippen LogP contribution is 1.99. The van der Waals surface area contributed by atoms with Crippen molar-refractivity contribution in [3.05, 3.63) is 0 Å². The van der Waals surface area contributed by atoms with E-state index in [9.17, 15) is 13.6 Å². The smallest absolute Gasteiger partial charge is 0.255 e. The van der Waals surface area contributed by atoms with Gasteiger partial charge < -0.3 is 4.90 Å². The molecule has 0 spiro atoms. The third kappa shape index (κ3) is 3.37. The number of halogens is 2. The number of carbonyl (C=O) groups is 1. The number of hydrogen-bond acceptors (Lipinski definition) is 1. The first-order valence-electron chi connectivity index (χ1n) is 3.07. The van der Waals surface area contributed by atoms with Crippen LogP contribution in [0.1, 0.15) is 13.8 Å². The van der Waals surface area contributed by atoms with Gasteiger partial charge in [0.25, 0.3) is 6.43 Å². The molecule has 0 atom stereocenters. The molecule has 0 N–H and O–H groups in total. The topological polar surface area (TPSA) is 20.3 Å². The van der Waals surface area contributed by atoms with E-state index in [2.05, 4.69) is 0 Å². The van der Waals surface area contributed by atoms with Crippen LogP contribution in [-0.2, 0) is 4.79 Å². The van der Waals surface area contributed by atoms with Gasteiger partial charge in [-0.15, -0.1) is 0 Å². The standard InChI is InChI=1S/C6H11F2NO/c1-5(2)9(4-10)3-6(7)8/h4-6H,3H2,1-2H3. The Bertz CT molecular complexity index is 106. The van der Waals surface area contributed by atoms with Crippen molar-refractivity contribution in [2.24, 2.45) is 0 Å². The largest absolute Gasteiger partial charge is 0.337 e. The van der Waals surface area contributed by atoms with E-state index in [0.29, 0.717) is 6.41 Å². The van der Waals surface area contributed by atoms with Crippen LogP contribution in [-0.4, -0.2) is 30.3 Å². The van der Waals surface area contributed by atoms with Crippen LogP contribution in [0, 0.1) is 0 Å². The Morgan fingerprint density at radius 3 is 2.10 bits per heavy atom. The quantitative estimate of drug-likeness (QED) is 0.551. The molecule has 0 aromatic rings. The maximum atomic E-state index is 11.6. The van der Waals surface area contributed by atoms with Gasteiger partial charge in [0.2, 0.25) is 6.41 Å². The molecule has 2 nitrogen and oxygen atoms in total. The number of hydrogen-bond donors (Lipinski definition) is 0. The molecule has 0 saturated carbocycles. The van der Waals surface area contributed by atoms with Crippen molar-refractivity contribution in [1.82, 2.24) is 4.90 Å². The van der Waals surface area contributed by atoms with Gasteiger partial charge in [-0.05, 0) is 13.8 Å². The third-order valence-electron chi connectivity index (χ3n) is 1.15. The van der Waals surface area contributed by atoms with Crippen LogP contribution in [0.15, 0.2) is 0 Å². The number of carbonyl (C=O) groups excluding carboxylic acids is 1. The van der Waals surface area contributed by atoms with Gasteiger partial charge in [-0.3, -0.25) is 4.79 Å². The molecule has 0 saturated heterocycles. The fourth-order valence-electron chi connectivity index (χ4n) is 0.535. The summed E-state index contributed by atoms with van der Waals surface area (Å²) in [6.07, 6.45) is -2.00. The third-order valence-corrected chi connectivity index (χ3v) is 1.15. The van der Waals surface area contributed by atoms with Crippen LogP contribution in [0.5, 0.6) is 0 Å². The molecule has 0 aliphatic rings. The van der Waals surface area contributed by atoms with Gasteiger partial charge in [0.15, 0.2) is 0 Å². The van der Waals surface area contributed by atoms with E-state index in [-0.39, 0.29) is 6.04 Å². The molecule has 0 bridgehead atoms. The summed E-state index contributed by atoms with van der Waals surface area (Å²) >= 11 is 0. The fourth-order valence-corrected chi connectivity index (χ4v) is 0.535. The van der Waals surface area contributed by atoms with Crippen LogP contribution in [0.2, 0.25) is 0 Å². The average molecular weight is 151 g/mol. The normalized spacial score (nSPS) is 10.6. The molecule has 0 fully saturated rings. The lowest BCUT2D eigenvalue weighted by molar-refractivity contribution is -0.121. The molecule has 1 amide bonds. The summed E-state index contributed by atoms with van der Waals surface area (Å²) < 4.78 is 23.3. The van der Waals surface area contributed by atoms with Gasteiger partial charge in [0, 0.05) is 6.04 Å². The summed E-state index contributed by atoms with van der Waals surface area (Å²) in [5.74, 6) is 0. The van der Waals surface area contributed by atoms with Crippen molar-refractivity contribution in [2.45, 2.75) is 26.3 Å². The molecule has 0 heterocycles. The van der Waals surface area contributed by atoms with Gasteiger partial charge in [0.1, 0.15) is 0 Å². The van der Waals surface area contributed by atoms with Crippen molar-refractivity contribution in [2.75, 3.05) is 6.54 Å². The summed E-state index contributed by atoms with van der Waals surface area (Å²) in [7, 11) is 0. The zero-order valence-corrected chi connectivity index (χ0v) is 6.05. The van der Waals surface area contributed by atoms with Crippen molar-refractivity contribution < 1.29 is 13.6 Å². The monoisotopic (exact) mass is 151 g/mol. The number of rotatable bonds is 4. The second-order valence-electron chi connectivity index (χ2n) is 2.29. The Hall–Kier alpha value is -0.670. The predicted octanol–water partition coefficient (Wildman–Crippen LogP) is 1.12. The van der Waals surface area contributed by atoms with Crippen molar-refractivity contribution in [3.8, 4) is 0 Å². The zero-order valence-electron chi connectivity index (χ0n) is 6.05. The lowest BCUT2D eigenvalue weighted by Crippen LogP contribution is -2.33. The molecule has 4 heteroatoms. The lowest BCUT2D eigenvalue weighted by Gasteiger charge is -2.20. The minimum Gasteiger partial charge on any atom is -0.337 e. The second-order valence-corrected chi connectivity index (χ2v) is 2.29. The molecule has 0 aromatic heterocycles. The molecule has 60 valence electrons. The molecule has 10 heavy (non-hydrogen) atoms. The van der Waals surface area contributed by atoms with Crippen LogP contribution in [0.25, 0.3) is 0 Å². The maximum absolute atomic E-state index is 11.6. The van der Waals surface area contributed by atoms with Crippen LogP contribution >= 0.6 is 0 Å². The highest BCUT2D eigenvalue weighted by molar-refractivity contribution is 5.47. The fraction of sp³-hybridized carbons (Fsp3) is 0.833.